The minimum atomic E-state index is -0.179. The minimum Gasteiger partial charge on any atom is -0.299 e. The molecule has 0 bridgehead atoms. The lowest BCUT2D eigenvalue weighted by Crippen LogP contribution is -2.46. The number of piperazine rings is 1. The monoisotopic (exact) mass is 401 g/mol. The minimum absolute atomic E-state index is 0.179. The highest BCUT2D eigenvalue weighted by molar-refractivity contribution is 5.63. The fourth-order valence-corrected chi connectivity index (χ4v) is 4.23. The number of rotatable bonds is 4. The van der Waals surface area contributed by atoms with Crippen LogP contribution in [-0.4, -0.2) is 50.9 Å². The summed E-state index contributed by atoms with van der Waals surface area (Å²) in [5.74, 6) is -0.179. The lowest BCUT2D eigenvalue weighted by Gasteiger charge is -2.38. The van der Waals surface area contributed by atoms with Crippen molar-refractivity contribution < 1.29 is 4.39 Å². The maximum absolute atomic E-state index is 13.6. The highest BCUT2D eigenvalue weighted by Gasteiger charge is 2.28. The summed E-state index contributed by atoms with van der Waals surface area (Å²) in [4.78, 5) is 13.8. The normalized spacial score (nSPS) is 18.1. The van der Waals surface area contributed by atoms with Gasteiger partial charge in [-0.3, -0.25) is 19.2 Å². The molecule has 1 atom stereocenters. The zero-order valence-corrected chi connectivity index (χ0v) is 16.9. The van der Waals surface area contributed by atoms with Gasteiger partial charge in [0.25, 0.3) is 0 Å². The molecule has 1 fully saturated rings. The molecule has 1 saturated heterocycles. The SMILES string of the molecule is CN1CCN(Cc2cccc(F)c2)C[C@@H]1c1cn2c(-c3ccncc3)cccc2n1. The van der Waals surface area contributed by atoms with Crippen molar-refractivity contribution in [3.8, 4) is 11.3 Å². The zero-order chi connectivity index (χ0) is 20.5. The Bertz CT molecular complexity index is 1160. The van der Waals surface area contributed by atoms with Crippen molar-refractivity contribution in [1.82, 2.24) is 24.2 Å². The van der Waals surface area contributed by atoms with Gasteiger partial charge in [-0.05, 0) is 49.0 Å². The van der Waals surface area contributed by atoms with Gasteiger partial charge in [-0.15, -0.1) is 0 Å². The molecule has 0 saturated carbocycles. The Morgan fingerprint density at radius 2 is 1.87 bits per heavy atom. The third-order valence-corrected chi connectivity index (χ3v) is 5.86. The Hall–Kier alpha value is -3.09. The van der Waals surface area contributed by atoms with E-state index >= 15 is 0 Å². The van der Waals surface area contributed by atoms with Crippen molar-refractivity contribution in [2.45, 2.75) is 12.6 Å². The molecule has 152 valence electrons. The molecule has 3 aromatic heterocycles. The average Bonchev–Trinajstić information content (AvgIpc) is 3.20. The predicted octanol–water partition coefficient (Wildman–Crippen LogP) is 4.02. The van der Waals surface area contributed by atoms with Gasteiger partial charge in [0.2, 0.25) is 0 Å². The molecule has 0 aliphatic carbocycles. The quantitative estimate of drug-likeness (QED) is 0.518. The molecule has 0 radical (unpaired) electrons. The largest absolute Gasteiger partial charge is 0.299 e. The van der Waals surface area contributed by atoms with Crippen LogP contribution in [0.2, 0.25) is 0 Å². The van der Waals surface area contributed by atoms with Crippen LogP contribution in [0.1, 0.15) is 17.3 Å². The van der Waals surface area contributed by atoms with E-state index in [0.717, 1.165) is 54.3 Å². The summed E-state index contributed by atoms with van der Waals surface area (Å²) in [6, 6.07) is 17.3. The highest BCUT2D eigenvalue weighted by Crippen LogP contribution is 2.27. The van der Waals surface area contributed by atoms with Gasteiger partial charge in [0.05, 0.1) is 17.4 Å². The third kappa shape index (κ3) is 3.72. The van der Waals surface area contributed by atoms with Gasteiger partial charge in [-0.1, -0.05) is 18.2 Å². The fraction of sp³-hybridized carbons (Fsp3) is 0.250. The number of nitrogens with zero attached hydrogens (tertiary/aromatic N) is 5. The number of likely N-dealkylation sites (N-methyl/N-ethyl adjacent to an activating group) is 1. The molecule has 30 heavy (non-hydrogen) atoms. The maximum Gasteiger partial charge on any atom is 0.137 e. The van der Waals surface area contributed by atoms with Crippen LogP contribution in [0.3, 0.4) is 0 Å². The summed E-state index contributed by atoms with van der Waals surface area (Å²) in [6.07, 6.45) is 5.77. The van der Waals surface area contributed by atoms with Crippen LogP contribution >= 0.6 is 0 Å². The molecule has 6 heteroatoms. The number of imidazole rings is 1. The first-order valence-electron chi connectivity index (χ1n) is 10.2. The van der Waals surface area contributed by atoms with E-state index in [1.807, 2.05) is 42.7 Å². The Balaban J connectivity index is 1.43. The van der Waals surface area contributed by atoms with E-state index in [4.69, 9.17) is 4.98 Å². The predicted molar refractivity (Wildman–Crippen MR) is 115 cm³/mol. The molecule has 4 heterocycles. The second kappa shape index (κ2) is 7.97. The second-order valence-corrected chi connectivity index (χ2v) is 7.90. The number of pyridine rings is 2. The van der Waals surface area contributed by atoms with E-state index in [9.17, 15) is 4.39 Å². The topological polar surface area (TPSA) is 36.7 Å². The Morgan fingerprint density at radius 1 is 1.03 bits per heavy atom. The van der Waals surface area contributed by atoms with E-state index in [-0.39, 0.29) is 11.9 Å². The third-order valence-electron chi connectivity index (χ3n) is 5.86. The van der Waals surface area contributed by atoms with Crippen LogP contribution in [-0.2, 0) is 6.54 Å². The smallest absolute Gasteiger partial charge is 0.137 e. The lowest BCUT2D eigenvalue weighted by molar-refractivity contribution is 0.0885. The van der Waals surface area contributed by atoms with Crippen LogP contribution in [0, 0.1) is 5.82 Å². The van der Waals surface area contributed by atoms with Crippen molar-refractivity contribution in [2.75, 3.05) is 26.7 Å². The van der Waals surface area contributed by atoms with Gasteiger partial charge in [-0.2, -0.15) is 0 Å². The molecule has 0 N–H and O–H groups in total. The van der Waals surface area contributed by atoms with Crippen molar-refractivity contribution in [1.29, 1.82) is 0 Å². The molecule has 0 amide bonds. The molecule has 5 nitrogen and oxygen atoms in total. The number of benzene rings is 1. The van der Waals surface area contributed by atoms with Crippen LogP contribution in [0.4, 0.5) is 4.39 Å². The number of fused-ring (bicyclic) bond motifs is 1. The summed E-state index contributed by atoms with van der Waals surface area (Å²) in [7, 11) is 2.15. The van der Waals surface area contributed by atoms with E-state index in [1.165, 1.54) is 6.07 Å². The number of aromatic nitrogens is 3. The van der Waals surface area contributed by atoms with E-state index in [0.29, 0.717) is 0 Å². The number of hydrogen-bond donors (Lipinski definition) is 0. The van der Waals surface area contributed by atoms with Crippen LogP contribution < -0.4 is 0 Å². The first kappa shape index (κ1) is 18.9. The molecule has 1 aliphatic heterocycles. The van der Waals surface area contributed by atoms with Crippen LogP contribution in [0.15, 0.2) is 73.2 Å². The molecule has 0 spiro atoms. The van der Waals surface area contributed by atoms with E-state index in [1.54, 1.807) is 12.1 Å². The van der Waals surface area contributed by atoms with Gasteiger partial charge in [0.1, 0.15) is 11.5 Å². The van der Waals surface area contributed by atoms with Gasteiger partial charge >= 0.3 is 0 Å². The van der Waals surface area contributed by atoms with Crippen molar-refractivity contribution >= 4 is 5.65 Å². The summed E-state index contributed by atoms with van der Waals surface area (Å²) >= 11 is 0. The fourth-order valence-electron chi connectivity index (χ4n) is 4.23. The molecular weight excluding hydrogens is 377 g/mol. The average molecular weight is 401 g/mol. The number of halogens is 1. The second-order valence-electron chi connectivity index (χ2n) is 7.90. The Kier molecular flexibility index (Phi) is 5.02. The summed E-state index contributed by atoms with van der Waals surface area (Å²) in [6.45, 7) is 3.52. The van der Waals surface area contributed by atoms with Gasteiger partial charge in [-0.25, -0.2) is 9.37 Å². The first-order valence-corrected chi connectivity index (χ1v) is 10.2. The van der Waals surface area contributed by atoms with Crippen molar-refractivity contribution in [3.63, 3.8) is 0 Å². The molecule has 4 aromatic rings. The first-order chi connectivity index (χ1) is 14.7. The zero-order valence-electron chi connectivity index (χ0n) is 16.9. The molecular formula is C24H24FN5. The van der Waals surface area contributed by atoms with E-state index < -0.39 is 0 Å². The summed E-state index contributed by atoms with van der Waals surface area (Å²) in [5.41, 5.74) is 5.22. The van der Waals surface area contributed by atoms with E-state index in [2.05, 4.69) is 38.5 Å². The Morgan fingerprint density at radius 3 is 2.70 bits per heavy atom. The maximum atomic E-state index is 13.6. The molecule has 1 aliphatic rings. The van der Waals surface area contributed by atoms with Gasteiger partial charge in [0.15, 0.2) is 0 Å². The summed E-state index contributed by atoms with van der Waals surface area (Å²) < 4.78 is 15.7. The van der Waals surface area contributed by atoms with Crippen molar-refractivity contribution in [3.05, 3.63) is 90.3 Å². The Labute approximate surface area is 175 Å². The summed E-state index contributed by atoms with van der Waals surface area (Å²) in [5, 5.41) is 0. The highest BCUT2D eigenvalue weighted by atomic mass is 19.1. The van der Waals surface area contributed by atoms with Crippen LogP contribution in [0.5, 0.6) is 0 Å². The standard InChI is InChI=1S/C24H24FN5/c1-28-12-13-29(15-18-4-2-5-20(25)14-18)17-23(28)21-16-30-22(6-3-7-24(30)27-21)19-8-10-26-11-9-19/h2-11,14,16,23H,12-13,15,17H2,1H3/t23-/m1/s1. The number of hydrogen-bond acceptors (Lipinski definition) is 4. The van der Waals surface area contributed by atoms with Crippen LogP contribution in [0.25, 0.3) is 16.9 Å². The van der Waals surface area contributed by atoms with Gasteiger partial charge in [0, 0.05) is 50.3 Å². The molecule has 0 unspecified atom stereocenters. The van der Waals surface area contributed by atoms with Crippen molar-refractivity contribution in [2.24, 2.45) is 0 Å². The molecule has 1 aromatic carbocycles. The van der Waals surface area contributed by atoms with Gasteiger partial charge < -0.3 is 0 Å². The molecule has 5 rings (SSSR count). The lowest BCUT2D eigenvalue weighted by atomic mass is 10.1.